The minimum absolute atomic E-state index is 0.117. The molecule has 5 nitrogen and oxygen atoms in total. The fourth-order valence-electron chi connectivity index (χ4n) is 3.42. The molecule has 0 atom stereocenters. The average Bonchev–Trinajstić information content (AvgIpc) is 3.38. The zero-order chi connectivity index (χ0) is 18.1. The second-order valence-corrected chi connectivity index (χ2v) is 6.98. The number of hydrogen-bond acceptors (Lipinski definition) is 4. The lowest BCUT2D eigenvalue weighted by Crippen LogP contribution is -2.39. The van der Waals surface area contributed by atoms with Crippen molar-refractivity contribution >= 4 is 16.9 Å². The molecule has 1 aliphatic carbocycles. The van der Waals surface area contributed by atoms with E-state index in [1.807, 2.05) is 37.8 Å². The van der Waals surface area contributed by atoms with Crippen molar-refractivity contribution in [1.82, 2.24) is 4.90 Å². The molecule has 3 rings (SSSR count). The van der Waals surface area contributed by atoms with E-state index >= 15 is 0 Å². The van der Waals surface area contributed by atoms with Crippen molar-refractivity contribution in [2.24, 2.45) is 0 Å². The molecule has 0 radical (unpaired) electrons. The second kappa shape index (κ2) is 6.90. The minimum Gasteiger partial charge on any atom is -0.497 e. The maximum atomic E-state index is 12.6. The molecule has 0 unspecified atom stereocenters. The van der Waals surface area contributed by atoms with Crippen molar-refractivity contribution in [3.63, 3.8) is 0 Å². The lowest BCUT2D eigenvalue weighted by Gasteiger charge is -2.26. The fraction of sp³-hybridized carbons (Fsp3) is 0.500. The number of carbonyl (C=O) groups is 1. The first-order chi connectivity index (χ1) is 11.9. The van der Waals surface area contributed by atoms with Gasteiger partial charge in [-0.05, 0) is 57.7 Å². The van der Waals surface area contributed by atoms with Gasteiger partial charge >= 0.3 is 5.63 Å². The van der Waals surface area contributed by atoms with E-state index in [1.165, 1.54) is 0 Å². The van der Waals surface area contributed by atoms with Crippen LogP contribution in [0, 0.1) is 6.92 Å². The van der Waals surface area contributed by atoms with Crippen molar-refractivity contribution in [1.29, 1.82) is 0 Å². The topological polar surface area (TPSA) is 59.8 Å². The number of benzene rings is 1. The lowest BCUT2D eigenvalue weighted by molar-refractivity contribution is -0.133. The molecule has 1 heterocycles. The zero-order valence-corrected chi connectivity index (χ0v) is 15.3. The molecule has 1 saturated carbocycles. The molecule has 1 amide bonds. The molecule has 1 fully saturated rings. The van der Waals surface area contributed by atoms with Crippen LogP contribution in [0.3, 0.4) is 0 Å². The maximum absolute atomic E-state index is 12.6. The highest BCUT2D eigenvalue weighted by molar-refractivity contribution is 5.83. The molecule has 1 aromatic heterocycles. The lowest BCUT2D eigenvalue weighted by atomic mass is 10.0. The maximum Gasteiger partial charge on any atom is 0.339 e. The zero-order valence-electron chi connectivity index (χ0n) is 15.3. The van der Waals surface area contributed by atoms with E-state index in [0.717, 1.165) is 23.8 Å². The van der Waals surface area contributed by atoms with E-state index in [2.05, 4.69) is 0 Å². The molecule has 1 aromatic carbocycles. The Morgan fingerprint density at radius 1 is 1.36 bits per heavy atom. The van der Waals surface area contributed by atoms with Crippen LogP contribution in [0.15, 0.2) is 27.4 Å². The van der Waals surface area contributed by atoms with Gasteiger partial charge in [-0.1, -0.05) is 0 Å². The van der Waals surface area contributed by atoms with Crippen LogP contribution in [-0.4, -0.2) is 30.0 Å². The summed E-state index contributed by atoms with van der Waals surface area (Å²) < 4.78 is 10.6. The fourth-order valence-corrected chi connectivity index (χ4v) is 3.42. The van der Waals surface area contributed by atoms with Crippen LogP contribution in [0.25, 0.3) is 11.0 Å². The van der Waals surface area contributed by atoms with Gasteiger partial charge in [0.15, 0.2) is 0 Å². The summed E-state index contributed by atoms with van der Waals surface area (Å²) >= 11 is 0. The Kier molecular flexibility index (Phi) is 4.84. The third-order valence-electron chi connectivity index (χ3n) is 4.87. The van der Waals surface area contributed by atoms with E-state index in [1.54, 1.807) is 13.2 Å². The van der Waals surface area contributed by atoms with Gasteiger partial charge in [0, 0.05) is 35.5 Å². The van der Waals surface area contributed by atoms with Gasteiger partial charge in [0.25, 0.3) is 0 Å². The van der Waals surface area contributed by atoms with Crippen molar-refractivity contribution in [2.45, 2.75) is 58.5 Å². The van der Waals surface area contributed by atoms with E-state index in [0.29, 0.717) is 35.8 Å². The Hall–Kier alpha value is -2.30. The van der Waals surface area contributed by atoms with E-state index < -0.39 is 0 Å². The molecular weight excluding hydrogens is 318 g/mol. The quantitative estimate of drug-likeness (QED) is 0.754. The molecule has 134 valence electrons. The summed E-state index contributed by atoms with van der Waals surface area (Å²) in [5.41, 5.74) is 1.61. The monoisotopic (exact) mass is 343 g/mol. The molecule has 2 aromatic rings. The first-order valence-electron chi connectivity index (χ1n) is 8.84. The van der Waals surface area contributed by atoms with Crippen LogP contribution >= 0.6 is 0 Å². The summed E-state index contributed by atoms with van der Waals surface area (Å²) in [5, 5.41) is 0.880. The Labute approximate surface area is 147 Å². The van der Waals surface area contributed by atoms with Crippen LogP contribution in [0.4, 0.5) is 0 Å². The first kappa shape index (κ1) is 17.5. The van der Waals surface area contributed by atoms with Crippen molar-refractivity contribution in [2.75, 3.05) is 7.11 Å². The van der Waals surface area contributed by atoms with Gasteiger partial charge in [0.1, 0.15) is 11.3 Å². The summed E-state index contributed by atoms with van der Waals surface area (Å²) in [7, 11) is 1.58. The smallest absolute Gasteiger partial charge is 0.339 e. The number of ether oxygens (including phenoxy) is 1. The van der Waals surface area contributed by atoms with Crippen molar-refractivity contribution in [3.8, 4) is 5.75 Å². The van der Waals surface area contributed by atoms with Crippen LogP contribution in [-0.2, 0) is 11.2 Å². The second-order valence-electron chi connectivity index (χ2n) is 6.98. The molecule has 1 aliphatic rings. The van der Waals surface area contributed by atoms with Crippen LogP contribution in [0.5, 0.6) is 5.75 Å². The standard InChI is InChI=1S/C20H25NO4/c1-12(2)21(14-5-6-14)19(22)10-9-17-13(3)16-8-7-15(24-4)11-18(16)25-20(17)23/h7-8,11-12,14H,5-6,9-10H2,1-4H3. The first-order valence-corrected chi connectivity index (χ1v) is 8.84. The predicted octanol–water partition coefficient (Wildman–Crippen LogP) is 3.44. The number of nitrogens with zero attached hydrogens (tertiary/aromatic N) is 1. The van der Waals surface area contributed by atoms with Crippen molar-refractivity contribution in [3.05, 3.63) is 39.7 Å². The number of aryl methyl sites for hydroxylation is 1. The molecule has 5 heteroatoms. The highest BCUT2D eigenvalue weighted by Gasteiger charge is 2.33. The Morgan fingerprint density at radius 3 is 2.68 bits per heavy atom. The summed E-state index contributed by atoms with van der Waals surface area (Å²) in [6, 6.07) is 6.03. The Morgan fingerprint density at radius 2 is 2.08 bits per heavy atom. The summed E-state index contributed by atoms with van der Waals surface area (Å²) in [4.78, 5) is 26.9. The number of methoxy groups -OCH3 is 1. The summed E-state index contributed by atoms with van der Waals surface area (Å²) in [6.45, 7) is 5.99. The molecule has 0 spiro atoms. The Balaban J connectivity index is 1.84. The minimum atomic E-state index is -0.367. The highest BCUT2D eigenvalue weighted by atomic mass is 16.5. The van der Waals surface area contributed by atoms with Gasteiger partial charge in [-0.25, -0.2) is 4.79 Å². The largest absolute Gasteiger partial charge is 0.497 e. The van der Waals surface area contributed by atoms with E-state index in [4.69, 9.17) is 9.15 Å². The van der Waals surface area contributed by atoms with Gasteiger partial charge in [0.2, 0.25) is 5.91 Å². The Bertz CT molecular complexity index is 847. The molecule has 0 N–H and O–H groups in total. The highest BCUT2D eigenvalue weighted by Crippen LogP contribution is 2.30. The van der Waals surface area contributed by atoms with Crippen LogP contribution in [0.1, 0.15) is 44.2 Å². The van der Waals surface area contributed by atoms with Gasteiger partial charge in [-0.2, -0.15) is 0 Å². The van der Waals surface area contributed by atoms with Gasteiger partial charge < -0.3 is 14.1 Å². The predicted molar refractivity (Wildman–Crippen MR) is 97.1 cm³/mol. The molecule has 0 aliphatic heterocycles. The van der Waals surface area contributed by atoms with Gasteiger partial charge in [-0.15, -0.1) is 0 Å². The molecule has 0 bridgehead atoms. The SMILES string of the molecule is COc1ccc2c(C)c(CCC(=O)N(C(C)C)C3CC3)c(=O)oc2c1. The summed E-state index contributed by atoms with van der Waals surface area (Å²) in [5.74, 6) is 0.765. The van der Waals surface area contributed by atoms with Gasteiger partial charge in [-0.3, -0.25) is 4.79 Å². The normalized spacial score (nSPS) is 14.1. The van der Waals surface area contributed by atoms with Crippen LogP contribution < -0.4 is 10.4 Å². The molecular formula is C20H25NO4. The third kappa shape index (κ3) is 3.55. The van der Waals surface area contributed by atoms with Crippen molar-refractivity contribution < 1.29 is 13.9 Å². The molecule has 0 saturated heterocycles. The summed E-state index contributed by atoms with van der Waals surface area (Å²) in [6.07, 6.45) is 2.92. The average molecular weight is 343 g/mol. The number of fused-ring (bicyclic) bond motifs is 1. The van der Waals surface area contributed by atoms with Crippen LogP contribution in [0.2, 0.25) is 0 Å². The van der Waals surface area contributed by atoms with Gasteiger partial charge in [0.05, 0.1) is 7.11 Å². The van der Waals surface area contributed by atoms with E-state index in [-0.39, 0.29) is 17.6 Å². The number of rotatable bonds is 6. The molecule has 25 heavy (non-hydrogen) atoms. The third-order valence-corrected chi connectivity index (χ3v) is 4.87. The number of amides is 1. The number of hydrogen-bond donors (Lipinski definition) is 0. The van der Waals surface area contributed by atoms with E-state index in [9.17, 15) is 9.59 Å². The number of carbonyl (C=O) groups excluding carboxylic acids is 1.